The number of nitrogens with zero attached hydrogens (tertiary/aromatic N) is 2. The maximum atomic E-state index is 9.56. The van der Waals surface area contributed by atoms with Gasteiger partial charge in [-0.25, -0.2) is 0 Å². The van der Waals surface area contributed by atoms with E-state index in [0.29, 0.717) is 0 Å². The van der Waals surface area contributed by atoms with Gasteiger partial charge in [-0.3, -0.25) is 9.97 Å². The summed E-state index contributed by atoms with van der Waals surface area (Å²) >= 11 is -1.38. The number of hydrogen-bond donors (Lipinski definition) is 0. The average molecular weight is 311 g/mol. The molecule has 0 bridgehead atoms. The molecule has 2 rings (SSSR count). The molecular formula is C14H18F2N2Ni. The number of hydrogen-bond acceptors (Lipinski definition) is 2. The Morgan fingerprint density at radius 1 is 0.789 bits per heavy atom. The van der Waals surface area contributed by atoms with Crippen LogP contribution in [0.25, 0.3) is 0 Å². The summed E-state index contributed by atoms with van der Waals surface area (Å²) in [7, 11) is 0. The molecule has 0 fully saturated rings. The summed E-state index contributed by atoms with van der Waals surface area (Å²) in [5, 5.41) is 0. The van der Waals surface area contributed by atoms with Crippen LogP contribution in [0.1, 0.15) is 25.0 Å². The molecule has 0 aliphatic heterocycles. The molecule has 2 aromatic heterocycles. The molecule has 0 unspecified atom stereocenters. The summed E-state index contributed by atoms with van der Waals surface area (Å²) in [6.45, 7) is 4.27. The molecular weight excluding hydrogens is 293 g/mol. The van der Waals surface area contributed by atoms with Gasteiger partial charge < -0.3 is 0 Å². The van der Waals surface area contributed by atoms with Gasteiger partial charge in [-0.05, 0) is 48.2 Å². The zero-order chi connectivity index (χ0) is 14.3. The number of aromatic nitrogens is 2. The summed E-state index contributed by atoms with van der Waals surface area (Å²) < 4.78 is 19.1. The number of halogens is 2. The van der Waals surface area contributed by atoms with Crippen molar-refractivity contribution in [1.29, 1.82) is 0 Å². The Labute approximate surface area is 120 Å². The fourth-order valence-electron chi connectivity index (χ4n) is 1.24. The Balaban J connectivity index is 0.000000284. The van der Waals surface area contributed by atoms with Crippen LogP contribution in [0.2, 0.25) is 0 Å². The molecule has 2 aromatic rings. The fourth-order valence-corrected chi connectivity index (χ4v) is 1.24. The van der Waals surface area contributed by atoms with Crippen molar-refractivity contribution in [3.8, 4) is 0 Å². The molecule has 108 valence electrons. The average Bonchev–Trinajstić information content (AvgIpc) is 2.50. The van der Waals surface area contributed by atoms with E-state index in [1.807, 2.05) is 49.1 Å². The second kappa shape index (κ2) is 13.1. The van der Waals surface area contributed by atoms with Crippen molar-refractivity contribution in [3.63, 3.8) is 0 Å². The minimum absolute atomic E-state index is 1.10. The predicted octanol–water partition coefficient (Wildman–Crippen LogP) is 4.13. The van der Waals surface area contributed by atoms with Gasteiger partial charge in [-0.2, -0.15) is 0 Å². The van der Waals surface area contributed by atoms with Crippen molar-refractivity contribution in [3.05, 3.63) is 60.2 Å². The third kappa shape index (κ3) is 10.3. The number of pyridine rings is 2. The molecule has 2 nitrogen and oxygen atoms in total. The molecule has 0 saturated heterocycles. The summed E-state index contributed by atoms with van der Waals surface area (Å²) in [5.74, 6) is 0. The van der Waals surface area contributed by atoms with Crippen LogP contribution in [0.15, 0.2) is 49.1 Å². The van der Waals surface area contributed by atoms with Gasteiger partial charge in [0, 0.05) is 24.8 Å². The normalized spacial score (nSPS) is 8.84. The van der Waals surface area contributed by atoms with Crippen LogP contribution in [0, 0.1) is 0 Å². The van der Waals surface area contributed by atoms with Gasteiger partial charge in [0.15, 0.2) is 0 Å². The predicted molar refractivity (Wildman–Crippen MR) is 69.4 cm³/mol. The van der Waals surface area contributed by atoms with Gasteiger partial charge in [0.1, 0.15) is 0 Å². The van der Waals surface area contributed by atoms with Crippen LogP contribution in [0.5, 0.6) is 0 Å². The molecule has 0 aromatic carbocycles. The number of rotatable bonds is 2. The molecule has 5 heteroatoms. The Bertz CT molecular complexity index is 359. The van der Waals surface area contributed by atoms with Crippen LogP contribution in [-0.4, -0.2) is 9.97 Å². The van der Waals surface area contributed by atoms with Crippen molar-refractivity contribution in [2.75, 3.05) is 0 Å². The van der Waals surface area contributed by atoms with E-state index in [4.69, 9.17) is 0 Å². The first-order chi connectivity index (χ1) is 9.28. The first-order valence-corrected chi connectivity index (χ1v) is 6.63. The summed E-state index contributed by atoms with van der Waals surface area (Å²) in [6, 6.07) is 8.11. The molecule has 0 aliphatic carbocycles. The Morgan fingerprint density at radius 2 is 1.05 bits per heavy atom. The van der Waals surface area contributed by atoms with Gasteiger partial charge in [0.25, 0.3) is 0 Å². The van der Waals surface area contributed by atoms with Crippen LogP contribution in [0.4, 0.5) is 7.21 Å². The molecule has 0 spiro atoms. The quantitative estimate of drug-likeness (QED) is 0.780. The number of aryl methyl sites for hydroxylation is 2. The van der Waals surface area contributed by atoms with Crippen molar-refractivity contribution in [1.82, 2.24) is 9.97 Å². The van der Waals surface area contributed by atoms with Crippen molar-refractivity contribution < 1.29 is 22.5 Å². The van der Waals surface area contributed by atoms with E-state index in [2.05, 4.69) is 23.8 Å². The Hall–Kier alpha value is -1.35. The van der Waals surface area contributed by atoms with E-state index >= 15 is 0 Å². The topological polar surface area (TPSA) is 25.8 Å². The molecule has 0 aliphatic rings. The van der Waals surface area contributed by atoms with Gasteiger partial charge in [-0.15, -0.1) is 0 Å². The molecule has 0 N–H and O–H groups in total. The van der Waals surface area contributed by atoms with Crippen LogP contribution in [0.3, 0.4) is 0 Å². The van der Waals surface area contributed by atoms with E-state index in [1.54, 1.807) is 0 Å². The third-order valence-electron chi connectivity index (χ3n) is 2.32. The van der Waals surface area contributed by atoms with E-state index in [9.17, 15) is 7.21 Å². The minimum atomic E-state index is -1.38. The zero-order valence-electron chi connectivity index (χ0n) is 11.0. The van der Waals surface area contributed by atoms with Crippen LogP contribution >= 0.6 is 0 Å². The first kappa shape index (κ1) is 17.7. The Kier molecular flexibility index (Phi) is 12.2. The summed E-state index contributed by atoms with van der Waals surface area (Å²) in [4.78, 5) is 7.79. The van der Waals surface area contributed by atoms with Crippen molar-refractivity contribution in [2.24, 2.45) is 0 Å². The second-order valence-corrected chi connectivity index (χ2v) is 3.60. The SMILES string of the molecule is CCc1ccncc1.CCc1ccncc1.[F][Ni][F]. The molecule has 0 amide bonds. The van der Waals surface area contributed by atoms with Gasteiger partial charge in [0.05, 0.1) is 0 Å². The summed E-state index contributed by atoms with van der Waals surface area (Å²) in [6.07, 6.45) is 9.47. The first-order valence-electron chi connectivity index (χ1n) is 5.88. The van der Waals surface area contributed by atoms with Gasteiger partial charge in [-0.1, -0.05) is 13.8 Å². The second-order valence-electron chi connectivity index (χ2n) is 3.46. The molecule has 0 saturated carbocycles. The van der Waals surface area contributed by atoms with E-state index < -0.39 is 15.3 Å². The standard InChI is InChI=1S/2C7H9N.2FH.Ni/c2*1-2-7-3-5-8-6-4-7;;;/h2*3-6H,2H2,1H3;2*1H;/q;;;;+2/p-2. The zero-order valence-corrected chi connectivity index (χ0v) is 12.0. The van der Waals surface area contributed by atoms with E-state index in [1.165, 1.54) is 11.1 Å². The van der Waals surface area contributed by atoms with Gasteiger partial charge in [0.2, 0.25) is 0 Å². The third-order valence-corrected chi connectivity index (χ3v) is 2.32. The molecule has 0 atom stereocenters. The Morgan fingerprint density at radius 3 is 1.21 bits per heavy atom. The van der Waals surface area contributed by atoms with Gasteiger partial charge >= 0.3 is 22.5 Å². The van der Waals surface area contributed by atoms with Crippen molar-refractivity contribution >= 4 is 0 Å². The van der Waals surface area contributed by atoms with E-state index in [-0.39, 0.29) is 0 Å². The fraction of sp³-hybridized carbons (Fsp3) is 0.286. The molecule has 19 heavy (non-hydrogen) atoms. The monoisotopic (exact) mass is 310 g/mol. The molecule has 0 radical (unpaired) electrons. The van der Waals surface area contributed by atoms with E-state index in [0.717, 1.165) is 12.8 Å². The molecule has 2 heterocycles. The maximum absolute atomic E-state index is 9.56. The van der Waals surface area contributed by atoms with Crippen LogP contribution in [-0.2, 0) is 28.2 Å². The summed E-state index contributed by atoms with van der Waals surface area (Å²) in [5.41, 5.74) is 2.69. The van der Waals surface area contributed by atoms with Crippen molar-refractivity contribution in [2.45, 2.75) is 26.7 Å². The van der Waals surface area contributed by atoms with Crippen LogP contribution < -0.4 is 0 Å².